The van der Waals surface area contributed by atoms with Gasteiger partial charge in [-0.2, -0.15) is 0 Å². The first-order valence-corrected chi connectivity index (χ1v) is 5.52. The average Bonchev–Trinajstić information content (AvgIpc) is 2.61. The summed E-state index contributed by atoms with van der Waals surface area (Å²) in [5.74, 6) is 0. The van der Waals surface area contributed by atoms with Gasteiger partial charge in [0.2, 0.25) is 0 Å². The van der Waals surface area contributed by atoms with Crippen LogP contribution in [-0.4, -0.2) is 26.7 Å². The maximum Gasteiger partial charge on any atom is 0.488 e. The van der Waals surface area contributed by atoms with Crippen molar-refractivity contribution < 1.29 is 10.0 Å². The number of hydrogen-bond acceptors (Lipinski definition) is 3. The predicted molar refractivity (Wildman–Crippen MR) is 67.1 cm³/mol. The monoisotopic (exact) mass is 230 g/mol. The summed E-state index contributed by atoms with van der Waals surface area (Å²) in [5, 5.41) is 18.6. The SMILES string of the molecule is Cc1ncn(Cc2ccccc2B(O)O)c1C. The Morgan fingerprint density at radius 3 is 2.53 bits per heavy atom. The van der Waals surface area contributed by atoms with Gasteiger partial charge in [-0.3, -0.25) is 0 Å². The Bertz CT molecular complexity index is 523. The molecule has 4 nitrogen and oxygen atoms in total. The summed E-state index contributed by atoms with van der Waals surface area (Å²) in [6, 6.07) is 7.30. The van der Waals surface area contributed by atoms with Crippen molar-refractivity contribution in [2.75, 3.05) is 0 Å². The molecule has 1 aromatic heterocycles. The second-order valence-electron chi connectivity index (χ2n) is 4.12. The van der Waals surface area contributed by atoms with E-state index in [-0.39, 0.29) is 0 Å². The first kappa shape index (κ1) is 11.9. The van der Waals surface area contributed by atoms with E-state index in [9.17, 15) is 10.0 Å². The van der Waals surface area contributed by atoms with Crippen LogP contribution < -0.4 is 5.46 Å². The first-order valence-electron chi connectivity index (χ1n) is 5.52. The molecule has 0 spiro atoms. The van der Waals surface area contributed by atoms with Crippen LogP contribution in [0.25, 0.3) is 0 Å². The molecule has 2 aromatic rings. The molecule has 17 heavy (non-hydrogen) atoms. The summed E-state index contributed by atoms with van der Waals surface area (Å²) < 4.78 is 2.00. The summed E-state index contributed by atoms with van der Waals surface area (Å²) in [7, 11) is -1.43. The van der Waals surface area contributed by atoms with Crippen LogP contribution in [0.2, 0.25) is 0 Å². The molecule has 0 aliphatic carbocycles. The fourth-order valence-electron chi connectivity index (χ4n) is 1.82. The highest BCUT2D eigenvalue weighted by atomic mass is 16.4. The lowest BCUT2D eigenvalue weighted by atomic mass is 9.77. The van der Waals surface area contributed by atoms with Crippen molar-refractivity contribution in [3.8, 4) is 0 Å². The number of aryl methyl sites for hydroxylation is 1. The Morgan fingerprint density at radius 2 is 1.94 bits per heavy atom. The molecule has 0 aliphatic heterocycles. The number of hydrogen-bond donors (Lipinski definition) is 2. The number of aromatic nitrogens is 2. The smallest absolute Gasteiger partial charge is 0.423 e. The normalized spacial score (nSPS) is 10.6. The third kappa shape index (κ3) is 2.40. The predicted octanol–water partition coefficient (Wildman–Crippen LogP) is 0.228. The van der Waals surface area contributed by atoms with E-state index in [1.165, 1.54) is 0 Å². The van der Waals surface area contributed by atoms with Crippen LogP contribution in [0.3, 0.4) is 0 Å². The molecule has 2 rings (SSSR count). The van der Waals surface area contributed by atoms with Crippen molar-refractivity contribution in [1.82, 2.24) is 9.55 Å². The molecular weight excluding hydrogens is 215 g/mol. The topological polar surface area (TPSA) is 58.3 Å². The zero-order valence-electron chi connectivity index (χ0n) is 9.96. The summed E-state index contributed by atoms with van der Waals surface area (Å²) in [5.41, 5.74) is 3.51. The highest BCUT2D eigenvalue weighted by Gasteiger charge is 2.15. The van der Waals surface area contributed by atoms with Gasteiger partial charge in [0.1, 0.15) is 0 Å². The van der Waals surface area contributed by atoms with E-state index in [2.05, 4.69) is 4.98 Å². The highest BCUT2D eigenvalue weighted by molar-refractivity contribution is 6.59. The molecule has 0 amide bonds. The number of nitrogens with zero attached hydrogens (tertiary/aromatic N) is 2. The molecule has 2 N–H and O–H groups in total. The van der Waals surface area contributed by atoms with E-state index in [1.807, 2.05) is 30.5 Å². The van der Waals surface area contributed by atoms with Crippen molar-refractivity contribution in [3.63, 3.8) is 0 Å². The van der Waals surface area contributed by atoms with Gasteiger partial charge in [-0.15, -0.1) is 0 Å². The van der Waals surface area contributed by atoms with Gasteiger partial charge >= 0.3 is 7.12 Å². The molecule has 1 aromatic carbocycles. The highest BCUT2D eigenvalue weighted by Crippen LogP contribution is 2.07. The molecule has 0 unspecified atom stereocenters. The third-order valence-corrected chi connectivity index (χ3v) is 3.02. The third-order valence-electron chi connectivity index (χ3n) is 3.02. The van der Waals surface area contributed by atoms with E-state index in [1.54, 1.807) is 18.5 Å². The standard InChI is InChI=1S/C12H15BN2O2/c1-9-10(2)15(8-14-9)7-11-5-3-4-6-12(11)13(16)17/h3-6,8,16-17H,7H2,1-2H3. The van der Waals surface area contributed by atoms with E-state index in [0.29, 0.717) is 12.0 Å². The minimum absolute atomic E-state index is 0.540. The van der Waals surface area contributed by atoms with E-state index < -0.39 is 7.12 Å². The van der Waals surface area contributed by atoms with Crippen molar-refractivity contribution >= 4 is 12.6 Å². The van der Waals surface area contributed by atoms with Gasteiger partial charge in [0, 0.05) is 12.2 Å². The van der Waals surface area contributed by atoms with Crippen LogP contribution in [0.5, 0.6) is 0 Å². The second kappa shape index (κ2) is 4.73. The van der Waals surface area contributed by atoms with Gasteiger partial charge in [0.15, 0.2) is 0 Å². The molecule has 0 aliphatic rings. The summed E-state index contributed by atoms with van der Waals surface area (Å²) in [4.78, 5) is 4.22. The number of benzene rings is 1. The Morgan fingerprint density at radius 1 is 1.24 bits per heavy atom. The molecule has 0 atom stereocenters. The lowest BCUT2D eigenvalue weighted by Crippen LogP contribution is -2.33. The minimum Gasteiger partial charge on any atom is -0.423 e. The lowest BCUT2D eigenvalue weighted by Gasteiger charge is -2.10. The van der Waals surface area contributed by atoms with E-state index >= 15 is 0 Å². The summed E-state index contributed by atoms with van der Waals surface area (Å²) >= 11 is 0. The van der Waals surface area contributed by atoms with Crippen LogP contribution in [0.15, 0.2) is 30.6 Å². The lowest BCUT2D eigenvalue weighted by molar-refractivity contribution is 0.425. The number of imidazole rings is 1. The summed E-state index contributed by atoms with van der Waals surface area (Å²) in [6.45, 7) is 4.55. The zero-order chi connectivity index (χ0) is 12.4. The molecule has 0 saturated heterocycles. The molecule has 0 bridgehead atoms. The quantitative estimate of drug-likeness (QED) is 0.742. The molecular formula is C12H15BN2O2. The van der Waals surface area contributed by atoms with E-state index in [4.69, 9.17) is 0 Å². The Balaban J connectivity index is 2.33. The second-order valence-corrected chi connectivity index (χ2v) is 4.12. The van der Waals surface area contributed by atoms with Gasteiger partial charge in [-0.25, -0.2) is 4.98 Å². The zero-order valence-corrected chi connectivity index (χ0v) is 9.96. The van der Waals surface area contributed by atoms with Crippen molar-refractivity contribution in [2.45, 2.75) is 20.4 Å². The minimum atomic E-state index is -1.43. The maximum absolute atomic E-state index is 9.29. The largest absolute Gasteiger partial charge is 0.488 e. The van der Waals surface area contributed by atoms with Crippen molar-refractivity contribution in [1.29, 1.82) is 0 Å². The first-order chi connectivity index (χ1) is 8.09. The Labute approximate surface area is 101 Å². The fourth-order valence-corrected chi connectivity index (χ4v) is 1.82. The van der Waals surface area contributed by atoms with Gasteiger partial charge in [-0.1, -0.05) is 24.3 Å². The molecule has 88 valence electrons. The summed E-state index contributed by atoms with van der Waals surface area (Å²) in [6.07, 6.45) is 1.77. The molecule has 5 heteroatoms. The molecule has 0 fully saturated rings. The molecule has 1 heterocycles. The van der Waals surface area contributed by atoms with Crippen molar-refractivity contribution in [3.05, 3.63) is 47.5 Å². The fraction of sp³-hybridized carbons (Fsp3) is 0.250. The number of rotatable bonds is 3. The van der Waals surface area contributed by atoms with Gasteiger partial charge in [0.25, 0.3) is 0 Å². The maximum atomic E-state index is 9.29. The van der Waals surface area contributed by atoms with Gasteiger partial charge in [0.05, 0.1) is 12.0 Å². The molecule has 0 saturated carbocycles. The van der Waals surface area contributed by atoms with Crippen molar-refractivity contribution in [2.24, 2.45) is 0 Å². The van der Waals surface area contributed by atoms with Gasteiger partial charge in [-0.05, 0) is 24.9 Å². The van der Waals surface area contributed by atoms with Crippen LogP contribution in [0, 0.1) is 13.8 Å². The average molecular weight is 230 g/mol. The van der Waals surface area contributed by atoms with Gasteiger partial charge < -0.3 is 14.6 Å². The van der Waals surface area contributed by atoms with Crippen LogP contribution in [0.1, 0.15) is 17.0 Å². The van der Waals surface area contributed by atoms with Crippen LogP contribution >= 0.6 is 0 Å². The Kier molecular flexibility index (Phi) is 3.31. The van der Waals surface area contributed by atoms with Crippen LogP contribution in [0.4, 0.5) is 0 Å². The van der Waals surface area contributed by atoms with E-state index in [0.717, 1.165) is 17.0 Å². The van der Waals surface area contributed by atoms with Crippen LogP contribution in [-0.2, 0) is 6.54 Å². The Hall–Kier alpha value is -1.59. The molecule has 0 radical (unpaired) electrons.